The highest BCUT2D eigenvalue weighted by molar-refractivity contribution is 6.00. The van der Waals surface area contributed by atoms with Crippen molar-refractivity contribution in [2.75, 3.05) is 24.7 Å². The number of hydrogen-bond donors (Lipinski definition) is 1. The second kappa shape index (κ2) is 6.18. The summed E-state index contributed by atoms with van der Waals surface area (Å²) in [5, 5.41) is 3.26. The van der Waals surface area contributed by atoms with Crippen LogP contribution in [0.1, 0.15) is 32.1 Å². The number of anilines is 1. The van der Waals surface area contributed by atoms with E-state index in [4.69, 9.17) is 9.47 Å². The molecule has 2 heterocycles. The summed E-state index contributed by atoms with van der Waals surface area (Å²) in [5.74, 6) is 2.47. The Labute approximate surface area is 152 Å². The van der Waals surface area contributed by atoms with Gasteiger partial charge in [0.2, 0.25) is 11.8 Å². The van der Waals surface area contributed by atoms with Gasteiger partial charge in [-0.25, -0.2) is 0 Å². The number of amides is 2. The van der Waals surface area contributed by atoms with Gasteiger partial charge in [0.25, 0.3) is 0 Å². The Morgan fingerprint density at radius 3 is 2.46 bits per heavy atom. The predicted octanol–water partition coefficient (Wildman–Crippen LogP) is 2.12. The van der Waals surface area contributed by atoms with E-state index in [1.165, 1.54) is 25.7 Å². The Kier molecular flexibility index (Phi) is 3.80. The van der Waals surface area contributed by atoms with Crippen LogP contribution in [0, 0.1) is 17.8 Å². The van der Waals surface area contributed by atoms with Crippen LogP contribution >= 0.6 is 0 Å². The van der Waals surface area contributed by atoms with E-state index < -0.39 is 0 Å². The third-order valence-electron chi connectivity index (χ3n) is 5.90. The second-order valence-corrected chi connectivity index (χ2v) is 7.94. The second-order valence-electron chi connectivity index (χ2n) is 7.94. The zero-order valence-electron chi connectivity index (χ0n) is 14.8. The molecule has 1 aromatic rings. The van der Waals surface area contributed by atoms with Gasteiger partial charge in [0.05, 0.1) is 5.92 Å². The predicted molar refractivity (Wildman–Crippen MR) is 95.3 cm³/mol. The van der Waals surface area contributed by atoms with Crippen molar-refractivity contribution in [3.8, 4) is 11.5 Å². The normalized spacial score (nSPS) is 24.9. The van der Waals surface area contributed by atoms with Crippen molar-refractivity contribution < 1.29 is 19.1 Å². The number of ether oxygens (including phenoxy) is 2. The van der Waals surface area contributed by atoms with Gasteiger partial charge in [0.15, 0.2) is 11.5 Å². The monoisotopic (exact) mass is 356 g/mol. The van der Waals surface area contributed by atoms with Gasteiger partial charge in [-0.2, -0.15) is 0 Å². The largest absolute Gasteiger partial charge is 0.486 e. The van der Waals surface area contributed by atoms with Crippen molar-refractivity contribution in [1.29, 1.82) is 0 Å². The van der Waals surface area contributed by atoms with E-state index in [-0.39, 0.29) is 24.2 Å². The molecule has 2 aliphatic carbocycles. The minimum Gasteiger partial charge on any atom is -0.486 e. The van der Waals surface area contributed by atoms with Crippen LogP contribution in [-0.2, 0) is 9.59 Å². The van der Waals surface area contributed by atoms with Crippen LogP contribution in [0.5, 0.6) is 11.5 Å². The van der Waals surface area contributed by atoms with Gasteiger partial charge < -0.3 is 19.7 Å². The number of nitrogens with one attached hydrogen (secondary N) is 1. The lowest BCUT2D eigenvalue weighted by Gasteiger charge is -2.23. The molecule has 4 aliphatic rings. The summed E-state index contributed by atoms with van der Waals surface area (Å²) >= 11 is 0. The van der Waals surface area contributed by atoms with E-state index in [1.54, 1.807) is 4.90 Å². The average Bonchev–Trinajstić information content (AvgIpc) is 3.57. The van der Waals surface area contributed by atoms with Gasteiger partial charge in [-0.1, -0.05) is 0 Å². The van der Waals surface area contributed by atoms with Crippen LogP contribution in [0.4, 0.5) is 5.69 Å². The van der Waals surface area contributed by atoms with Crippen molar-refractivity contribution >= 4 is 17.5 Å². The smallest absolute Gasteiger partial charge is 0.227 e. The van der Waals surface area contributed by atoms with Gasteiger partial charge in [0, 0.05) is 30.8 Å². The van der Waals surface area contributed by atoms with Crippen molar-refractivity contribution in [2.24, 2.45) is 17.8 Å². The summed E-state index contributed by atoms with van der Waals surface area (Å²) in [5.41, 5.74) is 0.774. The topological polar surface area (TPSA) is 67.9 Å². The van der Waals surface area contributed by atoms with Crippen LogP contribution in [0.3, 0.4) is 0 Å². The molecule has 0 radical (unpaired) electrons. The van der Waals surface area contributed by atoms with Crippen LogP contribution in [0.2, 0.25) is 0 Å². The van der Waals surface area contributed by atoms with Gasteiger partial charge in [-0.3, -0.25) is 9.59 Å². The van der Waals surface area contributed by atoms with E-state index in [9.17, 15) is 9.59 Å². The number of hydrogen-bond acceptors (Lipinski definition) is 4. The van der Waals surface area contributed by atoms with Crippen molar-refractivity contribution in [3.05, 3.63) is 18.2 Å². The lowest BCUT2D eigenvalue weighted by atomic mass is 10.0. The number of benzene rings is 1. The number of carbonyl (C=O) groups is 2. The highest BCUT2D eigenvalue weighted by Gasteiger charge is 2.44. The van der Waals surface area contributed by atoms with Crippen LogP contribution in [0.25, 0.3) is 0 Å². The van der Waals surface area contributed by atoms with E-state index in [0.29, 0.717) is 49.1 Å². The third-order valence-corrected chi connectivity index (χ3v) is 5.90. The first-order chi connectivity index (χ1) is 12.7. The minimum atomic E-state index is -0.268. The maximum absolute atomic E-state index is 12.7. The van der Waals surface area contributed by atoms with Gasteiger partial charge in [-0.05, 0) is 49.7 Å². The van der Waals surface area contributed by atoms with Gasteiger partial charge in [0.1, 0.15) is 13.2 Å². The highest BCUT2D eigenvalue weighted by Crippen LogP contribution is 2.44. The molecule has 2 amide bonds. The molecule has 0 bridgehead atoms. The Balaban J connectivity index is 1.27. The SMILES string of the molecule is O=C(NC(C1CC1)C1CC1)[C@H]1CC(=O)N(c2ccc3c(c2)OCCO3)C1. The fourth-order valence-electron chi connectivity index (χ4n) is 4.15. The minimum absolute atomic E-state index is 0.00350. The van der Waals surface area contributed by atoms with E-state index in [2.05, 4.69) is 5.32 Å². The van der Waals surface area contributed by atoms with Crippen LogP contribution < -0.4 is 19.7 Å². The molecular formula is C20H24N2O4. The number of nitrogens with zero attached hydrogens (tertiary/aromatic N) is 1. The molecule has 138 valence electrons. The first-order valence-electron chi connectivity index (χ1n) is 9.69. The Morgan fingerprint density at radius 2 is 1.77 bits per heavy atom. The fraction of sp³-hybridized carbons (Fsp3) is 0.600. The molecule has 5 rings (SSSR count). The first-order valence-corrected chi connectivity index (χ1v) is 9.69. The van der Waals surface area contributed by atoms with Gasteiger partial charge >= 0.3 is 0 Å². The molecule has 26 heavy (non-hydrogen) atoms. The summed E-state index contributed by atoms with van der Waals surface area (Å²) < 4.78 is 11.1. The Bertz CT molecular complexity index is 729. The molecular weight excluding hydrogens is 332 g/mol. The summed E-state index contributed by atoms with van der Waals surface area (Å²) in [4.78, 5) is 27.0. The van der Waals surface area contributed by atoms with Crippen LogP contribution in [0.15, 0.2) is 18.2 Å². The summed E-state index contributed by atoms with van der Waals surface area (Å²) in [6.45, 7) is 1.49. The molecule has 3 fully saturated rings. The Morgan fingerprint density at radius 1 is 1.08 bits per heavy atom. The lowest BCUT2D eigenvalue weighted by Crippen LogP contribution is -2.42. The average molecular weight is 356 g/mol. The van der Waals surface area contributed by atoms with Crippen molar-refractivity contribution in [1.82, 2.24) is 5.32 Å². The molecule has 1 N–H and O–H groups in total. The molecule has 1 aromatic carbocycles. The standard InChI is InChI=1S/C20H24N2O4/c23-18-9-14(20(24)21-19(12-1-2-12)13-3-4-13)11-22(18)15-5-6-16-17(10-15)26-8-7-25-16/h5-6,10,12-14,19H,1-4,7-9,11H2,(H,21,24)/t14-/m0/s1. The molecule has 0 spiro atoms. The lowest BCUT2D eigenvalue weighted by molar-refractivity contribution is -0.127. The molecule has 1 atom stereocenters. The molecule has 2 aliphatic heterocycles. The fourth-order valence-corrected chi connectivity index (χ4v) is 4.15. The molecule has 2 saturated carbocycles. The first kappa shape index (κ1) is 16.0. The Hall–Kier alpha value is -2.24. The zero-order valence-corrected chi connectivity index (χ0v) is 14.8. The molecule has 0 unspecified atom stereocenters. The molecule has 6 heteroatoms. The third kappa shape index (κ3) is 3.02. The van der Waals surface area contributed by atoms with Crippen molar-refractivity contribution in [2.45, 2.75) is 38.1 Å². The molecule has 0 aromatic heterocycles. The maximum atomic E-state index is 12.7. The van der Waals surface area contributed by atoms with Crippen LogP contribution in [-0.4, -0.2) is 37.6 Å². The van der Waals surface area contributed by atoms with E-state index >= 15 is 0 Å². The number of carbonyl (C=O) groups excluding carboxylic acids is 2. The summed E-state index contributed by atoms with van der Waals surface area (Å²) in [7, 11) is 0. The number of fused-ring (bicyclic) bond motifs is 1. The summed E-state index contributed by atoms with van der Waals surface area (Å²) in [6, 6.07) is 5.87. The van der Waals surface area contributed by atoms with Gasteiger partial charge in [-0.15, -0.1) is 0 Å². The zero-order chi connectivity index (χ0) is 17.7. The van der Waals surface area contributed by atoms with E-state index in [0.717, 1.165) is 5.69 Å². The quantitative estimate of drug-likeness (QED) is 0.877. The number of rotatable bonds is 5. The molecule has 6 nitrogen and oxygen atoms in total. The summed E-state index contributed by atoms with van der Waals surface area (Å²) in [6.07, 6.45) is 5.20. The van der Waals surface area contributed by atoms with Crippen molar-refractivity contribution in [3.63, 3.8) is 0 Å². The highest BCUT2D eigenvalue weighted by atomic mass is 16.6. The maximum Gasteiger partial charge on any atom is 0.227 e. The van der Waals surface area contributed by atoms with E-state index in [1.807, 2.05) is 18.2 Å². The molecule has 1 saturated heterocycles.